The summed E-state index contributed by atoms with van der Waals surface area (Å²) in [5.74, 6) is 0.517. The molecule has 0 radical (unpaired) electrons. The second kappa shape index (κ2) is 5.55. The average molecular weight is 322 g/mol. The van der Waals surface area contributed by atoms with Gasteiger partial charge in [0.05, 0.1) is 0 Å². The van der Waals surface area contributed by atoms with Gasteiger partial charge in [0, 0.05) is 25.7 Å². The first-order valence-electron chi connectivity index (χ1n) is 6.07. The summed E-state index contributed by atoms with van der Waals surface area (Å²) in [5.41, 5.74) is -4.49. The molecule has 2 rings (SSSR count). The molecule has 0 saturated carbocycles. The zero-order valence-electron chi connectivity index (χ0n) is 11.1. The lowest BCUT2D eigenvalue weighted by Gasteiger charge is -2.28. The molecule has 1 aromatic rings. The van der Waals surface area contributed by atoms with Crippen molar-refractivity contribution in [2.24, 2.45) is 0 Å². The Kier molecular flexibility index (Phi) is 4.13. The topological polar surface area (TPSA) is 59.5 Å². The molecule has 0 saturated heterocycles. The van der Waals surface area contributed by atoms with E-state index in [1.54, 1.807) is 12.3 Å². The Morgan fingerprint density at radius 3 is 2.62 bits per heavy atom. The number of alkyl halides is 3. The van der Waals surface area contributed by atoms with Crippen LogP contribution in [0.2, 0.25) is 0 Å². The van der Waals surface area contributed by atoms with E-state index in [0.29, 0.717) is 12.4 Å². The van der Waals surface area contributed by atoms with E-state index in [1.807, 2.05) is 17.9 Å². The summed E-state index contributed by atoms with van der Waals surface area (Å²) in [4.78, 5) is 6.03. The Balaban J connectivity index is 2.08. The van der Waals surface area contributed by atoms with Gasteiger partial charge in [0.15, 0.2) is 0 Å². The molecule has 5 nitrogen and oxygen atoms in total. The molecule has 1 aliphatic heterocycles. The van der Waals surface area contributed by atoms with Gasteiger partial charge in [-0.3, -0.25) is 0 Å². The number of aromatic nitrogens is 1. The first-order chi connectivity index (χ1) is 9.71. The molecule has 0 bridgehead atoms. The fourth-order valence-electron chi connectivity index (χ4n) is 1.92. The summed E-state index contributed by atoms with van der Waals surface area (Å²) in [5, 5.41) is 0. The molecular formula is C12H13F3N2O3S. The second-order valence-corrected chi connectivity index (χ2v) is 6.03. The summed E-state index contributed by atoms with van der Waals surface area (Å²) in [6.45, 7) is 2.43. The molecule has 2 heterocycles. The van der Waals surface area contributed by atoms with E-state index < -0.39 is 15.6 Å². The third kappa shape index (κ3) is 3.46. The van der Waals surface area contributed by atoms with Gasteiger partial charge in [-0.05, 0) is 24.6 Å². The molecular weight excluding hydrogens is 309 g/mol. The fourth-order valence-corrected chi connectivity index (χ4v) is 2.44. The second-order valence-electron chi connectivity index (χ2n) is 4.49. The molecule has 0 aliphatic carbocycles. The van der Waals surface area contributed by atoms with Gasteiger partial charge in [-0.2, -0.15) is 21.6 Å². The van der Waals surface area contributed by atoms with Crippen molar-refractivity contribution >= 4 is 15.9 Å². The average Bonchev–Trinajstić information content (AvgIpc) is 2.39. The fraction of sp³-hybridized carbons (Fsp3) is 0.417. The minimum Gasteiger partial charge on any atom is -0.381 e. The zero-order valence-corrected chi connectivity index (χ0v) is 11.9. The van der Waals surface area contributed by atoms with E-state index in [-0.39, 0.29) is 18.7 Å². The largest absolute Gasteiger partial charge is 0.534 e. The minimum atomic E-state index is -5.59. The predicted octanol–water partition coefficient (Wildman–Crippen LogP) is 2.35. The Morgan fingerprint density at radius 1 is 1.38 bits per heavy atom. The first kappa shape index (κ1) is 15.6. The molecule has 1 aliphatic rings. The van der Waals surface area contributed by atoms with E-state index in [2.05, 4.69) is 9.17 Å². The number of halogens is 3. The van der Waals surface area contributed by atoms with Crippen LogP contribution in [0, 0.1) is 6.92 Å². The first-order valence-corrected chi connectivity index (χ1v) is 7.48. The van der Waals surface area contributed by atoms with Crippen molar-refractivity contribution in [1.82, 2.24) is 4.98 Å². The maximum Gasteiger partial charge on any atom is 0.534 e. The SMILES string of the molecule is Cc1cccnc1N1CC=C(OS(=O)(=O)C(F)(F)F)CC1. The van der Waals surface area contributed by atoms with Crippen LogP contribution in [0.3, 0.4) is 0 Å². The molecule has 21 heavy (non-hydrogen) atoms. The van der Waals surface area contributed by atoms with Crippen molar-refractivity contribution in [3.8, 4) is 0 Å². The quantitative estimate of drug-likeness (QED) is 0.631. The van der Waals surface area contributed by atoms with Gasteiger partial charge in [0.2, 0.25) is 0 Å². The van der Waals surface area contributed by atoms with Crippen LogP contribution in [0.4, 0.5) is 19.0 Å². The minimum absolute atomic E-state index is 0.0608. The van der Waals surface area contributed by atoms with E-state index in [4.69, 9.17) is 0 Å². The third-order valence-corrected chi connectivity index (χ3v) is 3.95. The van der Waals surface area contributed by atoms with Crippen LogP contribution < -0.4 is 4.90 Å². The standard InChI is InChI=1S/C12H13F3N2O3S/c1-9-3-2-6-16-11(9)17-7-4-10(5-8-17)20-21(18,19)12(13,14)15/h2-4,6H,5,7-8H2,1H3. The highest BCUT2D eigenvalue weighted by atomic mass is 32.2. The van der Waals surface area contributed by atoms with Crippen LogP contribution in [0.5, 0.6) is 0 Å². The smallest absolute Gasteiger partial charge is 0.381 e. The summed E-state index contributed by atoms with van der Waals surface area (Å²) >= 11 is 0. The highest BCUT2D eigenvalue weighted by molar-refractivity contribution is 7.87. The number of aryl methyl sites for hydroxylation is 1. The van der Waals surface area contributed by atoms with Crippen LogP contribution in [0.15, 0.2) is 30.2 Å². The van der Waals surface area contributed by atoms with E-state index in [0.717, 1.165) is 5.56 Å². The van der Waals surface area contributed by atoms with Crippen LogP contribution in [-0.4, -0.2) is 32.0 Å². The lowest BCUT2D eigenvalue weighted by atomic mass is 10.2. The van der Waals surface area contributed by atoms with Gasteiger partial charge in [-0.15, -0.1) is 0 Å². The van der Waals surface area contributed by atoms with Crippen LogP contribution >= 0.6 is 0 Å². The highest BCUT2D eigenvalue weighted by Gasteiger charge is 2.48. The van der Waals surface area contributed by atoms with Crippen LogP contribution in [0.25, 0.3) is 0 Å². The summed E-state index contributed by atoms with van der Waals surface area (Å²) < 4.78 is 62.6. The maximum atomic E-state index is 12.2. The van der Waals surface area contributed by atoms with Gasteiger partial charge < -0.3 is 9.08 Å². The summed E-state index contributed by atoms with van der Waals surface area (Å²) in [6, 6.07) is 3.65. The predicted molar refractivity (Wildman–Crippen MR) is 69.9 cm³/mol. The Morgan fingerprint density at radius 2 is 2.10 bits per heavy atom. The third-order valence-electron chi connectivity index (χ3n) is 2.95. The number of hydrogen-bond donors (Lipinski definition) is 0. The van der Waals surface area contributed by atoms with Crippen molar-refractivity contribution < 1.29 is 25.8 Å². The maximum absolute atomic E-state index is 12.2. The lowest BCUT2D eigenvalue weighted by molar-refractivity contribution is -0.0523. The van der Waals surface area contributed by atoms with Crippen molar-refractivity contribution in [2.75, 3.05) is 18.0 Å². The molecule has 1 aromatic heterocycles. The highest BCUT2D eigenvalue weighted by Crippen LogP contribution is 2.29. The Hall–Kier alpha value is -1.77. The van der Waals surface area contributed by atoms with E-state index in [1.165, 1.54) is 6.08 Å². The zero-order chi connectivity index (χ0) is 15.7. The van der Waals surface area contributed by atoms with Crippen molar-refractivity contribution in [3.63, 3.8) is 0 Å². The van der Waals surface area contributed by atoms with Gasteiger partial charge in [0.25, 0.3) is 0 Å². The van der Waals surface area contributed by atoms with E-state index >= 15 is 0 Å². The van der Waals surface area contributed by atoms with Gasteiger partial charge >= 0.3 is 15.6 Å². The number of nitrogens with zero attached hydrogens (tertiary/aromatic N) is 2. The number of hydrogen-bond acceptors (Lipinski definition) is 5. The van der Waals surface area contributed by atoms with Crippen molar-refractivity contribution in [1.29, 1.82) is 0 Å². The molecule has 0 spiro atoms. The normalized spacial score (nSPS) is 16.6. The number of rotatable bonds is 3. The van der Waals surface area contributed by atoms with Crippen LogP contribution in [0.1, 0.15) is 12.0 Å². The Labute approximate surface area is 120 Å². The number of anilines is 1. The monoisotopic (exact) mass is 322 g/mol. The molecule has 0 N–H and O–H groups in total. The van der Waals surface area contributed by atoms with Crippen LogP contribution in [-0.2, 0) is 14.3 Å². The summed E-state index contributed by atoms with van der Waals surface area (Å²) in [7, 11) is -5.59. The van der Waals surface area contributed by atoms with Gasteiger partial charge in [-0.25, -0.2) is 4.98 Å². The Bertz CT molecular complexity index is 656. The molecule has 0 atom stereocenters. The molecule has 9 heteroatoms. The van der Waals surface area contributed by atoms with Gasteiger partial charge in [-0.1, -0.05) is 6.07 Å². The van der Waals surface area contributed by atoms with E-state index in [9.17, 15) is 21.6 Å². The molecule has 0 amide bonds. The molecule has 116 valence electrons. The molecule has 0 fully saturated rings. The summed E-state index contributed by atoms with van der Waals surface area (Å²) in [6.07, 6.45) is 3.00. The lowest BCUT2D eigenvalue weighted by Crippen LogP contribution is -2.32. The number of pyridine rings is 1. The van der Waals surface area contributed by atoms with Crippen molar-refractivity contribution in [2.45, 2.75) is 18.9 Å². The van der Waals surface area contributed by atoms with Gasteiger partial charge in [0.1, 0.15) is 11.6 Å². The molecule has 0 unspecified atom stereocenters. The van der Waals surface area contributed by atoms with Crippen molar-refractivity contribution in [3.05, 3.63) is 35.7 Å². The molecule has 0 aromatic carbocycles.